The second kappa shape index (κ2) is 6.02. The van der Waals surface area contributed by atoms with Crippen LogP contribution >= 0.6 is 11.6 Å². The van der Waals surface area contributed by atoms with Crippen molar-refractivity contribution in [2.24, 2.45) is 0 Å². The molecule has 24 heavy (non-hydrogen) atoms. The number of nitrogens with zero attached hydrogens (tertiary/aromatic N) is 5. The normalized spacial score (nSPS) is 10.4. The quantitative estimate of drug-likeness (QED) is 0.688. The number of halogens is 1. The molecule has 3 N–H and O–H groups in total. The van der Waals surface area contributed by atoms with Crippen LogP contribution in [0.2, 0.25) is 5.02 Å². The zero-order valence-electron chi connectivity index (χ0n) is 12.3. The van der Waals surface area contributed by atoms with E-state index in [-0.39, 0.29) is 16.9 Å². The highest BCUT2D eigenvalue weighted by molar-refractivity contribution is 6.30. The molecule has 0 fully saturated rings. The molecule has 10 heteroatoms. The average Bonchev–Trinajstić information content (AvgIpc) is 3.22. The van der Waals surface area contributed by atoms with Crippen LogP contribution in [0, 0.1) is 11.3 Å². The highest BCUT2D eigenvalue weighted by Gasteiger charge is 2.24. The van der Waals surface area contributed by atoms with Gasteiger partial charge in [-0.2, -0.15) is 10.5 Å². The minimum atomic E-state index is -0.687. The topological polar surface area (TPSA) is 136 Å². The van der Waals surface area contributed by atoms with E-state index >= 15 is 0 Å². The number of nitrogen functional groups attached to an aromatic ring is 1. The number of anilines is 1. The second-order valence-corrected chi connectivity index (χ2v) is 5.11. The number of methoxy groups -OCH3 is 1. The van der Waals surface area contributed by atoms with Crippen LogP contribution in [-0.2, 0) is 4.74 Å². The lowest BCUT2D eigenvalue weighted by Gasteiger charge is -2.12. The van der Waals surface area contributed by atoms with E-state index in [1.807, 2.05) is 6.07 Å². The first kappa shape index (κ1) is 15.5. The van der Waals surface area contributed by atoms with Gasteiger partial charge in [0.2, 0.25) is 5.82 Å². The zero-order valence-corrected chi connectivity index (χ0v) is 13.1. The summed E-state index contributed by atoms with van der Waals surface area (Å²) in [5.74, 6) is -0.392. The largest absolute Gasteiger partial charge is 0.464 e. The average molecular weight is 344 g/mol. The summed E-state index contributed by atoms with van der Waals surface area (Å²) < 4.78 is 6.19. The molecular formula is C14H10ClN7O2. The zero-order chi connectivity index (χ0) is 17.3. The number of benzene rings is 1. The maximum Gasteiger partial charge on any atom is 0.357 e. The van der Waals surface area contributed by atoms with Crippen LogP contribution in [0.5, 0.6) is 0 Å². The van der Waals surface area contributed by atoms with Gasteiger partial charge < -0.3 is 15.0 Å². The molecule has 0 aliphatic heterocycles. The number of nitrogens with one attached hydrogen (secondary N) is 1. The van der Waals surface area contributed by atoms with Gasteiger partial charge in [0, 0.05) is 16.8 Å². The third kappa shape index (κ3) is 2.45. The van der Waals surface area contributed by atoms with Gasteiger partial charge >= 0.3 is 5.97 Å². The summed E-state index contributed by atoms with van der Waals surface area (Å²) in [4.78, 5) is 12.1. The van der Waals surface area contributed by atoms with Gasteiger partial charge in [-0.05, 0) is 23.4 Å². The molecule has 0 aliphatic carbocycles. The molecule has 0 aliphatic rings. The van der Waals surface area contributed by atoms with Crippen LogP contribution in [0.25, 0.3) is 17.1 Å². The lowest BCUT2D eigenvalue weighted by molar-refractivity contribution is 0.0593. The number of ether oxygens (including phenoxy) is 1. The molecule has 120 valence electrons. The van der Waals surface area contributed by atoms with Crippen molar-refractivity contribution in [1.82, 2.24) is 25.2 Å². The monoisotopic (exact) mass is 343 g/mol. The molecular weight excluding hydrogens is 334 g/mol. The van der Waals surface area contributed by atoms with Crippen molar-refractivity contribution in [3.63, 3.8) is 0 Å². The van der Waals surface area contributed by atoms with E-state index in [9.17, 15) is 10.1 Å². The lowest BCUT2D eigenvalue weighted by atomic mass is 10.1. The first-order valence-corrected chi connectivity index (χ1v) is 6.97. The van der Waals surface area contributed by atoms with Crippen molar-refractivity contribution in [3.05, 3.63) is 40.7 Å². The fourth-order valence-electron chi connectivity index (χ4n) is 2.27. The Balaban J connectivity index is 2.33. The molecule has 3 aromatic rings. The van der Waals surface area contributed by atoms with E-state index < -0.39 is 5.97 Å². The Morgan fingerprint density at radius 1 is 1.50 bits per heavy atom. The van der Waals surface area contributed by atoms with E-state index in [1.54, 1.807) is 18.2 Å². The van der Waals surface area contributed by atoms with Gasteiger partial charge in [-0.15, -0.1) is 10.2 Å². The van der Waals surface area contributed by atoms with Crippen molar-refractivity contribution in [2.75, 3.05) is 12.8 Å². The Morgan fingerprint density at radius 2 is 2.29 bits per heavy atom. The van der Waals surface area contributed by atoms with Crippen LogP contribution in [0.1, 0.15) is 16.1 Å². The Morgan fingerprint density at radius 3 is 2.92 bits per heavy atom. The first-order chi connectivity index (χ1) is 11.6. The number of tetrazole rings is 1. The maximum atomic E-state index is 12.1. The van der Waals surface area contributed by atoms with Crippen LogP contribution < -0.4 is 5.73 Å². The van der Waals surface area contributed by atoms with E-state index in [2.05, 4.69) is 20.6 Å². The van der Waals surface area contributed by atoms with Gasteiger partial charge in [-0.25, -0.2) is 4.79 Å². The van der Waals surface area contributed by atoms with Gasteiger partial charge in [0.05, 0.1) is 24.0 Å². The number of H-pyrrole nitrogens is 1. The number of carbonyl (C=O) groups is 1. The summed E-state index contributed by atoms with van der Waals surface area (Å²) >= 11 is 6.08. The highest BCUT2D eigenvalue weighted by atomic mass is 35.5. The number of carbonyl (C=O) groups excluding carboxylic acids is 1. The minimum Gasteiger partial charge on any atom is -0.464 e. The lowest BCUT2D eigenvalue weighted by Crippen LogP contribution is -2.12. The molecule has 9 nitrogen and oxygen atoms in total. The number of esters is 1. The van der Waals surface area contributed by atoms with Crippen molar-refractivity contribution in [3.8, 4) is 23.1 Å². The van der Waals surface area contributed by atoms with Gasteiger partial charge in [-0.3, -0.25) is 0 Å². The third-order valence-corrected chi connectivity index (χ3v) is 3.58. The molecule has 0 saturated carbocycles. The Bertz CT molecular complexity index is 956. The molecule has 3 rings (SSSR count). The van der Waals surface area contributed by atoms with Crippen LogP contribution in [-0.4, -0.2) is 38.3 Å². The maximum absolute atomic E-state index is 12.1. The van der Waals surface area contributed by atoms with Crippen molar-refractivity contribution >= 4 is 23.3 Å². The smallest absolute Gasteiger partial charge is 0.357 e. The minimum absolute atomic E-state index is 0.0149. The van der Waals surface area contributed by atoms with Gasteiger partial charge in [-0.1, -0.05) is 11.6 Å². The van der Waals surface area contributed by atoms with Crippen LogP contribution in [0.4, 0.5) is 5.69 Å². The van der Waals surface area contributed by atoms with E-state index in [1.165, 1.54) is 17.9 Å². The second-order valence-electron chi connectivity index (χ2n) is 4.68. The number of nitriles is 1. The highest BCUT2D eigenvalue weighted by Crippen LogP contribution is 2.31. The summed E-state index contributed by atoms with van der Waals surface area (Å²) in [5.41, 5.74) is 7.07. The van der Waals surface area contributed by atoms with E-state index in [0.717, 1.165) is 0 Å². The number of hydrogen-bond donors (Lipinski definition) is 2. The molecule has 0 amide bonds. The van der Waals surface area contributed by atoms with Crippen LogP contribution in [0.15, 0.2) is 24.4 Å². The first-order valence-electron chi connectivity index (χ1n) is 6.59. The number of hydrogen-bond acceptors (Lipinski definition) is 7. The molecule has 2 heterocycles. The van der Waals surface area contributed by atoms with E-state index in [4.69, 9.17) is 22.1 Å². The standard InChI is InChI=1S/C14H10ClN7O2/c1-24-14(23)12-11(17)7(5-16)6-22(12)10-4-8(15)2-3-9(10)13-18-20-21-19-13/h2-4,6H,17H2,1H3,(H,18,19,20,21). The Kier molecular flexibility index (Phi) is 3.89. The molecule has 0 spiro atoms. The van der Waals surface area contributed by atoms with Crippen molar-refractivity contribution in [1.29, 1.82) is 5.26 Å². The summed E-state index contributed by atoms with van der Waals surface area (Å²) in [6.45, 7) is 0. The molecule has 1 aromatic carbocycles. The van der Waals surface area contributed by atoms with Crippen molar-refractivity contribution < 1.29 is 9.53 Å². The van der Waals surface area contributed by atoms with Gasteiger partial charge in [0.25, 0.3) is 0 Å². The summed E-state index contributed by atoms with van der Waals surface area (Å²) in [5, 5.41) is 23.4. The summed E-state index contributed by atoms with van der Waals surface area (Å²) in [6, 6.07) is 6.85. The Labute approximate surface area is 140 Å². The fourth-order valence-corrected chi connectivity index (χ4v) is 2.44. The number of rotatable bonds is 3. The number of aromatic amines is 1. The molecule has 0 radical (unpaired) electrons. The van der Waals surface area contributed by atoms with Gasteiger partial charge in [0.15, 0.2) is 5.69 Å². The summed E-state index contributed by atoms with van der Waals surface area (Å²) in [7, 11) is 1.23. The number of aromatic nitrogens is 5. The van der Waals surface area contributed by atoms with Crippen LogP contribution in [0.3, 0.4) is 0 Å². The molecule has 2 aromatic heterocycles. The fraction of sp³-hybridized carbons (Fsp3) is 0.0714. The van der Waals surface area contributed by atoms with Crippen molar-refractivity contribution in [2.45, 2.75) is 0 Å². The predicted molar refractivity (Wildman–Crippen MR) is 84.4 cm³/mol. The number of nitrogens with two attached hydrogens (primary N) is 1. The van der Waals surface area contributed by atoms with E-state index in [0.29, 0.717) is 22.1 Å². The molecule has 0 atom stereocenters. The predicted octanol–water partition coefficient (Wildman–Crippen LogP) is 1.55. The third-order valence-electron chi connectivity index (χ3n) is 3.35. The molecule has 0 unspecified atom stereocenters. The Hall–Kier alpha value is -3.38. The molecule has 0 saturated heterocycles. The summed E-state index contributed by atoms with van der Waals surface area (Å²) in [6.07, 6.45) is 1.43. The van der Waals surface area contributed by atoms with Gasteiger partial charge in [0.1, 0.15) is 6.07 Å². The SMILES string of the molecule is COC(=O)c1c(N)c(C#N)cn1-c1cc(Cl)ccc1-c1nn[nH]n1. The molecule has 0 bridgehead atoms.